The van der Waals surface area contributed by atoms with Gasteiger partial charge in [0, 0.05) is 30.8 Å². The second-order valence-electron chi connectivity index (χ2n) is 9.96. The van der Waals surface area contributed by atoms with Crippen LogP contribution in [0.2, 0.25) is 0 Å². The van der Waals surface area contributed by atoms with E-state index in [2.05, 4.69) is 41.3 Å². The number of carbonyl (C=O) groups is 3. The number of carboxylic acid groups (broad SMARTS) is 1. The lowest BCUT2D eigenvalue weighted by atomic mass is 9.98. The van der Waals surface area contributed by atoms with Gasteiger partial charge in [-0.05, 0) is 13.0 Å². The van der Waals surface area contributed by atoms with Gasteiger partial charge in [0.15, 0.2) is 16.8 Å². The number of guanidine groups is 1. The monoisotopic (exact) mass is 640 g/mol. The van der Waals surface area contributed by atoms with Crippen molar-refractivity contribution < 1.29 is 37.3 Å². The molecule has 2 aliphatic heterocycles. The zero-order valence-electron chi connectivity index (χ0n) is 22.3. The highest BCUT2D eigenvalue weighted by molar-refractivity contribution is 7.84. The zero-order valence-corrected chi connectivity index (χ0v) is 23.9. The fourth-order valence-corrected chi connectivity index (χ4v) is 5.82. The van der Waals surface area contributed by atoms with Gasteiger partial charge in [-0.25, -0.2) is 19.1 Å². The van der Waals surface area contributed by atoms with Crippen molar-refractivity contribution >= 4 is 56.2 Å². The molecule has 22 heteroatoms. The Morgan fingerprint density at radius 1 is 1.33 bits per heavy atom. The topological polar surface area (TPSA) is 295 Å². The van der Waals surface area contributed by atoms with Gasteiger partial charge in [0.05, 0.1) is 19.3 Å². The highest BCUT2D eigenvalue weighted by atomic mass is 32.2. The summed E-state index contributed by atoms with van der Waals surface area (Å²) in [7, 11) is -5.01. The largest absolute Gasteiger partial charge is 0.478 e. The number of nitrogens with one attached hydrogen (secondary N) is 3. The van der Waals surface area contributed by atoms with E-state index in [0.717, 1.165) is 35.6 Å². The number of carbonyl (C=O) groups excluding carboxylic acids is 2. The van der Waals surface area contributed by atoms with E-state index in [4.69, 9.17) is 16.3 Å². The number of nitrogen functional groups attached to an aromatic ring is 1. The second-order valence-corrected chi connectivity index (χ2v) is 12.1. The molecule has 20 nitrogen and oxygen atoms in total. The Hall–Kier alpha value is -4.41. The molecule has 2 amide bonds. The molecular formula is C21H28N12O8S2. The Morgan fingerprint density at radius 3 is 2.70 bits per heavy atom. The molecule has 2 aromatic rings. The van der Waals surface area contributed by atoms with Crippen LogP contribution in [0.25, 0.3) is 0 Å². The summed E-state index contributed by atoms with van der Waals surface area (Å²) in [5.41, 5.74) is 9.81. The van der Waals surface area contributed by atoms with E-state index in [9.17, 15) is 32.5 Å². The van der Waals surface area contributed by atoms with Gasteiger partial charge in [-0.1, -0.05) is 5.16 Å². The highest BCUT2D eigenvalue weighted by Gasteiger charge is 2.56. The number of nitrogens with two attached hydrogens (primary N) is 2. The van der Waals surface area contributed by atoms with Gasteiger partial charge in [0.1, 0.15) is 23.5 Å². The van der Waals surface area contributed by atoms with Crippen molar-refractivity contribution in [2.45, 2.75) is 56.1 Å². The standard InChI is InChI=1S/C21H28N12O8S2/c22-19(27-10-1-4-24-5-10)25-6-11-7-26-32(30-11)8-13-15(17(35)33(13)43(38,39)40)29-16(34)14(12-9-42-20(23)28-12)31-41-21(2-3-21)18(36)37/h7,9-10,13,15,24H,1-6,8H2,(H2,23,28)(H,29,34)(H,36,37)(H3,22,25,27)(H,38,39,40)/b31-14-. The molecule has 3 fully saturated rings. The number of anilines is 1. The summed E-state index contributed by atoms with van der Waals surface area (Å²) >= 11 is 0.969. The Labute approximate surface area is 247 Å². The van der Waals surface area contributed by atoms with Crippen LogP contribution in [0.4, 0.5) is 5.13 Å². The number of rotatable bonds is 12. The van der Waals surface area contributed by atoms with Crippen LogP contribution in [0, 0.1) is 0 Å². The molecule has 1 saturated carbocycles. The lowest BCUT2D eigenvalue weighted by Crippen LogP contribution is -2.73. The number of nitrogens with zero attached hydrogens (tertiary/aromatic N) is 7. The maximum Gasteiger partial charge on any atom is 0.362 e. The number of aliphatic carboxylic acids is 1. The van der Waals surface area contributed by atoms with Crippen LogP contribution in [-0.2, 0) is 42.6 Å². The molecule has 43 heavy (non-hydrogen) atoms. The molecule has 3 atom stereocenters. The molecule has 2 saturated heterocycles. The molecular weight excluding hydrogens is 612 g/mol. The quantitative estimate of drug-likeness (QED) is 0.0391. The number of hydrogen-bond donors (Lipinski definition) is 7. The first-order chi connectivity index (χ1) is 20.4. The molecule has 232 valence electrons. The Kier molecular flexibility index (Phi) is 8.18. The average molecular weight is 641 g/mol. The second kappa shape index (κ2) is 11.7. The fraction of sp³-hybridized carbons (Fsp3) is 0.524. The lowest BCUT2D eigenvalue weighted by Gasteiger charge is -2.43. The smallest absolute Gasteiger partial charge is 0.362 e. The number of β-lactam (4-membered cyclic amide) rings is 1. The van der Waals surface area contributed by atoms with Crippen molar-refractivity contribution in [1.29, 1.82) is 0 Å². The molecule has 1 aliphatic carbocycles. The third-order valence-corrected chi connectivity index (χ3v) is 8.47. The van der Waals surface area contributed by atoms with Crippen LogP contribution in [0.15, 0.2) is 21.7 Å². The summed E-state index contributed by atoms with van der Waals surface area (Å²) in [6.07, 6.45) is 2.59. The Bertz CT molecular complexity index is 1580. The minimum absolute atomic E-state index is 0.0547. The SMILES string of the molecule is NC(=NCc1cnn(CC2C(NC(=O)/C(=N\OC3(C(=O)O)CC3)c3csc(N)n3)C(=O)N2S(=O)(=O)O)n1)NC1CCNC1. The van der Waals surface area contributed by atoms with Gasteiger partial charge in [-0.3, -0.25) is 14.1 Å². The summed E-state index contributed by atoms with van der Waals surface area (Å²) in [4.78, 5) is 51.9. The molecule has 3 aliphatic rings. The minimum atomic E-state index is -5.01. The van der Waals surface area contributed by atoms with Crippen LogP contribution < -0.4 is 27.4 Å². The van der Waals surface area contributed by atoms with E-state index in [0.29, 0.717) is 5.69 Å². The van der Waals surface area contributed by atoms with Crippen LogP contribution >= 0.6 is 11.3 Å². The van der Waals surface area contributed by atoms with Crippen molar-refractivity contribution in [2.24, 2.45) is 15.9 Å². The maximum absolute atomic E-state index is 13.2. The maximum atomic E-state index is 13.2. The summed E-state index contributed by atoms with van der Waals surface area (Å²) in [5, 5.41) is 31.4. The first-order valence-electron chi connectivity index (χ1n) is 12.8. The number of aliphatic imine (C=N–C) groups is 1. The molecule has 9 N–H and O–H groups in total. The van der Waals surface area contributed by atoms with Gasteiger partial charge >= 0.3 is 16.3 Å². The number of hydrogen-bond acceptors (Lipinski definition) is 14. The van der Waals surface area contributed by atoms with Crippen molar-refractivity contribution in [3.63, 3.8) is 0 Å². The van der Waals surface area contributed by atoms with E-state index in [1.165, 1.54) is 11.6 Å². The molecule has 4 heterocycles. The lowest BCUT2D eigenvalue weighted by molar-refractivity contribution is -0.153. The van der Waals surface area contributed by atoms with Gasteiger partial charge in [0.2, 0.25) is 5.60 Å². The van der Waals surface area contributed by atoms with Gasteiger partial charge < -0.3 is 37.4 Å². The predicted octanol–water partition coefficient (Wildman–Crippen LogP) is -3.38. The average Bonchev–Trinajstić information content (AvgIpc) is 3.25. The van der Waals surface area contributed by atoms with E-state index < -0.39 is 51.5 Å². The summed E-state index contributed by atoms with van der Waals surface area (Å²) in [6.45, 7) is 1.34. The van der Waals surface area contributed by atoms with E-state index in [1.54, 1.807) is 0 Å². The van der Waals surface area contributed by atoms with Crippen molar-refractivity contribution in [3.8, 4) is 0 Å². The van der Waals surface area contributed by atoms with Gasteiger partial charge in [-0.15, -0.1) is 11.3 Å². The fourth-order valence-electron chi connectivity index (χ4n) is 4.40. The van der Waals surface area contributed by atoms with Crippen molar-refractivity contribution in [3.05, 3.63) is 23.0 Å². The first kappa shape index (κ1) is 30.1. The normalized spacial score (nSPS) is 23.5. The highest BCUT2D eigenvalue weighted by Crippen LogP contribution is 2.40. The third-order valence-electron chi connectivity index (χ3n) is 6.85. The first-order valence-corrected chi connectivity index (χ1v) is 15.1. The number of carboxylic acids is 1. The molecule has 0 aromatic carbocycles. The summed E-state index contributed by atoms with van der Waals surface area (Å²) in [5.74, 6) is -3.23. The molecule has 5 rings (SSSR count). The summed E-state index contributed by atoms with van der Waals surface area (Å²) in [6, 6.07) is -2.66. The molecule has 3 unspecified atom stereocenters. The number of thiazole rings is 1. The van der Waals surface area contributed by atoms with E-state index in [1.807, 2.05) is 0 Å². The van der Waals surface area contributed by atoms with Crippen LogP contribution in [0.1, 0.15) is 30.7 Å². The number of aromatic nitrogens is 4. The predicted molar refractivity (Wildman–Crippen MR) is 148 cm³/mol. The third kappa shape index (κ3) is 6.65. The molecule has 0 spiro atoms. The zero-order chi connectivity index (χ0) is 30.9. The van der Waals surface area contributed by atoms with Gasteiger partial charge in [-0.2, -0.15) is 23.4 Å². The van der Waals surface area contributed by atoms with Crippen LogP contribution in [0.5, 0.6) is 0 Å². The van der Waals surface area contributed by atoms with Crippen molar-refractivity contribution in [1.82, 2.24) is 40.2 Å². The minimum Gasteiger partial charge on any atom is -0.478 e. The van der Waals surface area contributed by atoms with E-state index in [-0.39, 0.29) is 53.1 Å². The molecule has 0 radical (unpaired) electrons. The van der Waals surface area contributed by atoms with Crippen LogP contribution in [-0.4, -0.2) is 109 Å². The number of amides is 2. The van der Waals surface area contributed by atoms with Gasteiger partial charge in [0.25, 0.3) is 11.8 Å². The molecule has 0 bridgehead atoms. The van der Waals surface area contributed by atoms with Crippen molar-refractivity contribution in [2.75, 3.05) is 18.8 Å². The summed E-state index contributed by atoms with van der Waals surface area (Å²) < 4.78 is 33.7. The van der Waals surface area contributed by atoms with E-state index >= 15 is 0 Å². The molecule has 2 aromatic heterocycles. The van der Waals surface area contributed by atoms with Crippen LogP contribution in [0.3, 0.4) is 0 Å². The Balaban J connectivity index is 1.30. The Morgan fingerprint density at radius 2 is 2.09 bits per heavy atom. The number of oxime groups is 1.